The van der Waals surface area contributed by atoms with Gasteiger partial charge in [0.25, 0.3) is 5.88 Å². The van der Waals surface area contributed by atoms with Gasteiger partial charge in [0.15, 0.2) is 11.6 Å². The lowest BCUT2D eigenvalue weighted by Gasteiger charge is -2.26. The standard InChI is InChI=1S/C29H31F2N7O4/c1-7-27(39)34-19-13-20(25(41-6)14-22(19)37(4)11-10-36(2)3)33-26-15-23-21(16-32-26)35-28(29(40)38(23)5)42-24-9-8-17(30)12-18(24)31/h7-9,12-16H,1,10-11H2,2-6H3,(H,32,33)(H,34,39). The molecular weight excluding hydrogens is 548 g/mol. The van der Waals surface area contributed by atoms with Crippen LogP contribution in [0.4, 0.5) is 31.7 Å². The van der Waals surface area contributed by atoms with E-state index in [-0.39, 0.29) is 11.7 Å². The highest BCUT2D eigenvalue weighted by Gasteiger charge is 2.18. The highest BCUT2D eigenvalue weighted by molar-refractivity contribution is 6.02. The predicted octanol–water partition coefficient (Wildman–Crippen LogP) is 4.27. The number of pyridine rings is 1. The minimum atomic E-state index is -0.968. The van der Waals surface area contributed by atoms with Crippen LogP contribution in [0.15, 0.2) is 60.0 Å². The third-order valence-electron chi connectivity index (χ3n) is 6.35. The molecule has 0 fully saturated rings. The number of nitrogens with one attached hydrogen (secondary N) is 2. The summed E-state index contributed by atoms with van der Waals surface area (Å²) in [5, 5.41) is 6.02. The van der Waals surface area contributed by atoms with Crippen LogP contribution in [-0.4, -0.2) is 66.7 Å². The van der Waals surface area contributed by atoms with Crippen molar-refractivity contribution >= 4 is 39.8 Å². The Kier molecular flexibility index (Phi) is 9.01. The number of hydrogen-bond acceptors (Lipinski definition) is 9. The molecule has 0 radical (unpaired) electrons. The van der Waals surface area contributed by atoms with Gasteiger partial charge in [0.2, 0.25) is 5.91 Å². The molecular formula is C29H31F2N7O4. The fourth-order valence-corrected chi connectivity index (χ4v) is 4.04. The van der Waals surface area contributed by atoms with Gasteiger partial charge in [0, 0.05) is 45.4 Å². The molecule has 2 N–H and O–H groups in total. The number of fused-ring (bicyclic) bond motifs is 1. The van der Waals surface area contributed by atoms with Gasteiger partial charge in [-0.1, -0.05) is 6.58 Å². The van der Waals surface area contributed by atoms with E-state index in [2.05, 4.69) is 32.1 Å². The summed E-state index contributed by atoms with van der Waals surface area (Å²) in [7, 11) is 8.90. The van der Waals surface area contributed by atoms with Crippen LogP contribution in [0.5, 0.6) is 17.4 Å². The minimum Gasteiger partial charge on any atom is -0.494 e. The first kappa shape index (κ1) is 29.9. The van der Waals surface area contributed by atoms with E-state index in [0.29, 0.717) is 46.6 Å². The molecule has 220 valence electrons. The van der Waals surface area contributed by atoms with Crippen LogP contribution >= 0.6 is 0 Å². The number of benzene rings is 2. The Labute approximate surface area is 241 Å². The van der Waals surface area contributed by atoms with Crippen molar-refractivity contribution in [2.24, 2.45) is 7.05 Å². The van der Waals surface area contributed by atoms with Gasteiger partial charge in [-0.2, -0.15) is 0 Å². The van der Waals surface area contributed by atoms with E-state index in [4.69, 9.17) is 9.47 Å². The molecule has 1 amide bonds. The lowest BCUT2D eigenvalue weighted by Crippen LogP contribution is -2.29. The van der Waals surface area contributed by atoms with E-state index in [1.54, 1.807) is 18.2 Å². The van der Waals surface area contributed by atoms with Gasteiger partial charge >= 0.3 is 5.56 Å². The van der Waals surface area contributed by atoms with Crippen molar-refractivity contribution in [2.45, 2.75) is 0 Å². The zero-order valence-corrected chi connectivity index (χ0v) is 23.9. The van der Waals surface area contributed by atoms with E-state index in [1.807, 2.05) is 26.0 Å². The summed E-state index contributed by atoms with van der Waals surface area (Å²) in [5.41, 5.74) is 1.82. The first-order valence-corrected chi connectivity index (χ1v) is 12.8. The third-order valence-corrected chi connectivity index (χ3v) is 6.35. The summed E-state index contributed by atoms with van der Waals surface area (Å²) >= 11 is 0. The van der Waals surface area contributed by atoms with Crippen molar-refractivity contribution in [3.63, 3.8) is 0 Å². The Morgan fingerprint density at radius 3 is 2.52 bits per heavy atom. The molecule has 0 saturated heterocycles. The van der Waals surface area contributed by atoms with Crippen molar-refractivity contribution in [2.75, 3.05) is 56.9 Å². The van der Waals surface area contributed by atoms with E-state index in [1.165, 1.54) is 31.0 Å². The number of amides is 1. The number of nitrogens with zero attached hydrogens (tertiary/aromatic N) is 5. The molecule has 11 nitrogen and oxygen atoms in total. The van der Waals surface area contributed by atoms with Gasteiger partial charge in [-0.25, -0.2) is 18.7 Å². The number of anilines is 4. The number of rotatable bonds is 11. The first-order valence-electron chi connectivity index (χ1n) is 12.8. The first-order chi connectivity index (χ1) is 20.0. The number of methoxy groups -OCH3 is 1. The van der Waals surface area contributed by atoms with Crippen LogP contribution in [0, 0.1) is 11.6 Å². The Morgan fingerprint density at radius 2 is 1.86 bits per heavy atom. The van der Waals surface area contributed by atoms with Crippen molar-refractivity contribution in [3.8, 4) is 17.4 Å². The lowest BCUT2D eigenvalue weighted by atomic mass is 10.2. The monoisotopic (exact) mass is 579 g/mol. The van der Waals surface area contributed by atoms with Crippen LogP contribution in [0.2, 0.25) is 0 Å². The van der Waals surface area contributed by atoms with Crippen LogP contribution in [-0.2, 0) is 11.8 Å². The smallest absolute Gasteiger partial charge is 0.313 e. The molecule has 2 aromatic carbocycles. The minimum absolute atomic E-state index is 0.295. The average molecular weight is 580 g/mol. The molecule has 4 rings (SSSR count). The molecule has 0 spiro atoms. The molecule has 0 aliphatic heterocycles. The van der Waals surface area contributed by atoms with Crippen LogP contribution in [0.1, 0.15) is 0 Å². The van der Waals surface area contributed by atoms with Crippen molar-refractivity contribution in [3.05, 3.63) is 77.2 Å². The summed E-state index contributed by atoms with van der Waals surface area (Å²) in [6.07, 6.45) is 2.60. The molecule has 0 atom stereocenters. The molecule has 42 heavy (non-hydrogen) atoms. The number of carbonyl (C=O) groups is 1. The molecule has 2 heterocycles. The molecule has 0 saturated carbocycles. The Morgan fingerprint density at radius 1 is 1.10 bits per heavy atom. The quantitative estimate of drug-likeness (QED) is 0.252. The van der Waals surface area contributed by atoms with Crippen LogP contribution < -0.4 is 30.6 Å². The third kappa shape index (κ3) is 6.63. The number of likely N-dealkylation sites (N-methyl/N-ethyl adjacent to an activating group) is 2. The van der Waals surface area contributed by atoms with Gasteiger partial charge in [-0.3, -0.25) is 9.59 Å². The normalized spacial score (nSPS) is 11.0. The molecule has 13 heteroatoms. The lowest BCUT2D eigenvalue weighted by molar-refractivity contribution is -0.111. The van der Waals surface area contributed by atoms with Crippen molar-refractivity contribution in [1.29, 1.82) is 0 Å². The average Bonchev–Trinajstić information content (AvgIpc) is 2.96. The second kappa shape index (κ2) is 12.6. The number of hydrogen-bond donors (Lipinski definition) is 2. The largest absolute Gasteiger partial charge is 0.494 e. The molecule has 0 bridgehead atoms. The van der Waals surface area contributed by atoms with E-state index in [0.717, 1.165) is 24.4 Å². The highest BCUT2D eigenvalue weighted by Crippen LogP contribution is 2.38. The van der Waals surface area contributed by atoms with Gasteiger partial charge in [0.1, 0.15) is 22.9 Å². The molecule has 0 aliphatic carbocycles. The zero-order valence-electron chi connectivity index (χ0n) is 23.9. The summed E-state index contributed by atoms with van der Waals surface area (Å²) in [4.78, 5) is 37.8. The van der Waals surface area contributed by atoms with Crippen molar-refractivity contribution < 1.29 is 23.0 Å². The van der Waals surface area contributed by atoms with Gasteiger partial charge in [-0.15, -0.1) is 0 Å². The number of aromatic nitrogens is 3. The maximum Gasteiger partial charge on any atom is 0.313 e. The molecule has 4 aromatic rings. The van der Waals surface area contributed by atoms with E-state index in [9.17, 15) is 18.4 Å². The number of aryl methyl sites for hydroxylation is 1. The zero-order chi connectivity index (χ0) is 30.6. The summed E-state index contributed by atoms with van der Waals surface area (Å²) in [5.74, 6) is -2.02. The second-order valence-corrected chi connectivity index (χ2v) is 9.63. The van der Waals surface area contributed by atoms with E-state index < -0.39 is 23.1 Å². The summed E-state index contributed by atoms with van der Waals surface area (Å²) < 4.78 is 39.6. The Hall–Kier alpha value is -5.04. The molecule has 0 aliphatic rings. The fraction of sp³-hybridized carbons (Fsp3) is 0.241. The summed E-state index contributed by atoms with van der Waals surface area (Å²) in [6, 6.07) is 7.86. The van der Waals surface area contributed by atoms with Gasteiger partial charge < -0.3 is 34.5 Å². The topological polar surface area (TPSA) is 114 Å². The fourth-order valence-electron chi connectivity index (χ4n) is 4.04. The molecule has 2 aromatic heterocycles. The van der Waals surface area contributed by atoms with Crippen molar-refractivity contribution in [1.82, 2.24) is 19.4 Å². The van der Waals surface area contributed by atoms with Gasteiger partial charge in [0.05, 0.1) is 35.9 Å². The number of ether oxygens (including phenoxy) is 2. The number of carbonyl (C=O) groups excluding carboxylic acids is 1. The van der Waals surface area contributed by atoms with Crippen LogP contribution in [0.3, 0.4) is 0 Å². The number of halogens is 2. The summed E-state index contributed by atoms with van der Waals surface area (Å²) in [6.45, 7) is 5.01. The Bertz CT molecular complexity index is 1710. The highest BCUT2D eigenvalue weighted by atomic mass is 19.1. The van der Waals surface area contributed by atoms with Gasteiger partial charge in [-0.05, 0) is 38.4 Å². The maximum atomic E-state index is 14.1. The maximum absolute atomic E-state index is 14.1. The SMILES string of the molecule is C=CC(=O)Nc1cc(Nc2cc3c(cn2)nc(Oc2ccc(F)cc2F)c(=O)n3C)c(OC)cc1N(C)CCN(C)C. The molecule has 0 unspecified atom stereocenters. The second-order valence-electron chi connectivity index (χ2n) is 9.63. The van der Waals surface area contributed by atoms with Crippen LogP contribution in [0.25, 0.3) is 11.0 Å². The predicted molar refractivity (Wildman–Crippen MR) is 158 cm³/mol. The Balaban J connectivity index is 1.70. The van der Waals surface area contributed by atoms with E-state index >= 15 is 0 Å².